The van der Waals surface area contributed by atoms with Gasteiger partial charge in [0.25, 0.3) is 0 Å². The van der Waals surface area contributed by atoms with E-state index in [0.29, 0.717) is 11.3 Å². The molecule has 1 aromatic heterocycles. The first-order chi connectivity index (χ1) is 10.3. The van der Waals surface area contributed by atoms with E-state index in [0.717, 1.165) is 20.6 Å². The van der Waals surface area contributed by atoms with Gasteiger partial charge >= 0.3 is 0 Å². The second kappa shape index (κ2) is 6.84. The van der Waals surface area contributed by atoms with Crippen molar-refractivity contribution in [3.8, 4) is 0 Å². The summed E-state index contributed by atoms with van der Waals surface area (Å²) in [5.74, 6) is -0.000431. The van der Waals surface area contributed by atoms with E-state index in [-0.39, 0.29) is 16.8 Å². The van der Waals surface area contributed by atoms with Gasteiger partial charge in [-0.1, -0.05) is 15.9 Å². The van der Waals surface area contributed by atoms with E-state index in [4.69, 9.17) is 0 Å². The van der Waals surface area contributed by atoms with Crippen molar-refractivity contribution in [2.45, 2.75) is 37.8 Å². The largest absolute Gasteiger partial charge is 0.355 e. The highest BCUT2D eigenvalue weighted by molar-refractivity contribution is 9.10. The third-order valence-electron chi connectivity index (χ3n) is 3.53. The fourth-order valence-corrected chi connectivity index (χ4v) is 3.69. The number of rotatable bonds is 5. The Morgan fingerprint density at radius 1 is 1.18 bits per heavy atom. The van der Waals surface area contributed by atoms with E-state index in [2.05, 4.69) is 20.9 Å². The molecule has 116 valence electrons. The van der Waals surface area contributed by atoms with Crippen LogP contribution >= 0.6 is 27.7 Å². The number of nitrogens with one attached hydrogen (secondary N) is 1. The number of benzene rings is 1. The van der Waals surface area contributed by atoms with Crippen molar-refractivity contribution in [1.82, 2.24) is 4.98 Å². The molecule has 0 spiro atoms. The minimum atomic E-state index is -0.224. The molecule has 0 amide bonds. The number of hydrogen-bond donors (Lipinski definition) is 1. The van der Waals surface area contributed by atoms with Gasteiger partial charge in [-0.15, -0.1) is 11.8 Å². The van der Waals surface area contributed by atoms with Crippen LogP contribution in [0.4, 0.5) is 0 Å². The third-order valence-corrected chi connectivity index (χ3v) is 5.17. The molecule has 22 heavy (non-hydrogen) atoms. The molecule has 0 radical (unpaired) electrons. The second-order valence-corrected chi connectivity index (χ2v) is 7.59. The maximum atomic E-state index is 12.7. The predicted octanol–water partition coefficient (Wildman–Crippen LogP) is 4.96. The zero-order valence-electron chi connectivity index (χ0n) is 13.0. The number of H-pyrrole nitrogens is 1. The van der Waals surface area contributed by atoms with Crippen molar-refractivity contribution in [1.29, 1.82) is 0 Å². The number of ketones is 2. The molecule has 1 N–H and O–H groups in total. The zero-order chi connectivity index (χ0) is 16.4. The molecule has 0 saturated heterocycles. The summed E-state index contributed by atoms with van der Waals surface area (Å²) in [6.07, 6.45) is 0. The van der Waals surface area contributed by atoms with Crippen LogP contribution in [0, 0.1) is 13.8 Å². The Bertz CT molecular complexity index is 719. The fraction of sp³-hybridized carbons (Fsp3) is 0.294. The van der Waals surface area contributed by atoms with Crippen LogP contribution in [0.15, 0.2) is 33.6 Å². The van der Waals surface area contributed by atoms with Gasteiger partial charge in [0.1, 0.15) is 0 Å². The highest BCUT2D eigenvalue weighted by atomic mass is 79.9. The second-order valence-electron chi connectivity index (χ2n) is 5.26. The molecule has 0 aliphatic carbocycles. The summed E-state index contributed by atoms with van der Waals surface area (Å²) in [5, 5.41) is -0.224. The van der Waals surface area contributed by atoms with Crippen LogP contribution in [0.25, 0.3) is 0 Å². The van der Waals surface area contributed by atoms with Crippen LogP contribution in [-0.4, -0.2) is 21.8 Å². The zero-order valence-corrected chi connectivity index (χ0v) is 15.4. The molecule has 0 unspecified atom stereocenters. The number of carbonyl (C=O) groups excluding carboxylic acids is 2. The van der Waals surface area contributed by atoms with Gasteiger partial charge in [0.2, 0.25) is 0 Å². The first kappa shape index (κ1) is 17.0. The van der Waals surface area contributed by atoms with Crippen LogP contribution in [-0.2, 0) is 0 Å². The molecule has 2 rings (SSSR count). The van der Waals surface area contributed by atoms with Crippen LogP contribution < -0.4 is 0 Å². The van der Waals surface area contributed by atoms with E-state index < -0.39 is 0 Å². The summed E-state index contributed by atoms with van der Waals surface area (Å²) < 4.78 is 1.01. The van der Waals surface area contributed by atoms with Crippen molar-refractivity contribution >= 4 is 39.3 Å². The molecule has 1 aromatic carbocycles. The lowest BCUT2D eigenvalue weighted by Gasteiger charge is -2.10. The number of Topliss-reactive ketones (excluding diaryl/α,β-unsaturated/α-hetero) is 2. The Morgan fingerprint density at radius 3 is 2.27 bits per heavy atom. The quantitative estimate of drug-likeness (QED) is 0.589. The fourth-order valence-electron chi connectivity index (χ4n) is 2.50. The van der Waals surface area contributed by atoms with Gasteiger partial charge in [0, 0.05) is 20.6 Å². The Kier molecular flexibility index (Phi) is 5.29. The molecular formula is C17H18BrNO2S. The Labute approximate surface area is 143 Å². The molecule has 0 fully saturated rings. The number of halogens is 1. The SMILES string of the molecule is CC(=O)c1c(C)[nH]c(C(=O)[C@H](C)Sc2ccc(Br)cc2)c1C. The van der Waals surface area contributed by atoms with Crippen LogP contribution in [0.3, 0.4) is 0 Å². The van der Waals surface area contributed by atoms with Crippen molar-refractivity contribution in [2.75, 3.05) is 0 Å². The van der Waals surface area contributed by atoms with Crippen LogP contribution in [0.1, 0.15) is 46.0 Å². The molecule has 0 aliphatic rings. The third kappa shape index (κ3) is 3.52. The van der Waals surface area contributed by atoms with E-state index in [1.54, 1.807) is 0 Å². The molecule has 0 saturated carbocycles. The maximum absolute atomic E-state index is 12.7. The molecule has 1 atom stereocenters. The molecule has 0 bridgehead atoms. The predicted molar refractivity (Wildman–Crippen MR) is 94.1 cm³/mol. The number of thioether (sulfide) groups is 1. The first-order valence-electron chi connectivity index (χ1n) is 6.97. The number of aryl methyl sites for hydroxylation is 1. The highest BCUT2D eigenvalue weighted by Crippen LogP contribution is 2.28. The minimum absolute atomic E-state index is 0.0148. The van der Waals surface area contributed by atoms with Gasteiger partial charge < -0.3 is 4.98 Å². The standard InChI is InChI=1S/C17H18BrNO2S/c1-9-15(11(3)20)10(2)19-16(9)17(21)12(4)22-14-7-5-13(18)6-8-14/h5-8,12,19H,1-4H3/t12-/m0/s1. The average Bonchev–Trinajstić information content (AvgIpc) is 2.75. The molecule has 1 heterocycles. The number of aromatic amines is 1. The van der Waals surface area contributed by atoms with E-state index >= 15 is 0 Å². The van der Waals surface area contributed by atoms with Crippen molar-refractivity contribution in [3.63, 3.8) is 0 Å². The molecule has 0 aliphatic heterocycles. The number of carbonyl (C=O) groups is 2. The lowest BCUT2D eigenvalue weighted by atomic mass is 10.0. The monoisotopic (exact) mass is 379 g/mol. The Hall–Kier alpha value is -1.33. The van der Waals surface area contributed by atoms with Crippen molar-refractivity contribution in [3.05, 3.63) is 51.3 Å². The molecule has 3 nitrogen and oxygen atoms in total. The van der Waals surface area contributed by atoms with Gasteiger partial charge in [-0.3, -0.25) is 9.59 Å². The van der Waals surface area contributed by atoms with Gasteiger partial charge in [0.05, 0.1) is 10.9 Å². The Balaban J connectivity index is 2.22. The summed E-state index contributed by atoms with van der Waals surface area (Å²) in [7, 11) is 0. The molecule has 2 aromatic rings. The van der Waals surface area contributed by atoms with Crippen molar-refractivity contribution < 1.29 is 9.59 Å². The number of hydrogen-bond acceptors (Lipinski definition) is 3. The molecular weight excluding hydrogens is 362 g/mol. The van der Waals surface area contributed by atoms with Gasteiger partial charge in [0.15, 0.2) is 11.6 Å². The van der Waals surface area contributed by atoms with E-state index in [1.165, 1.54) is 18.7 Å². The number of aromatic nitrogens is 1. The Morgan fingerprint density at radius 2 is 1.77 bits per heavy atom. The average molecular weight is 380 g/mol. The van der Waals surface area contributed by atoms with Crippen LogP contribution in [0.2, 0.25) is 0 Å². The summed E-state index contributed by atoms with van der Waals surface area (Å²) in [4.78, 5) is 28.4. The lowest BCUT2D eigenvalue weighted by molar-refractivity contribution is 0.0988. The van der Waals surface area contributed by atoms with Crippen LogP contribution in [0.5, 0.6) is 0 Å². The normalized spacial score (nSPS) is 12.2. The van der Waals surface area contributed by atoms with Crippen molar-refractivity contribution in [2.24, 2.45) is 0 Å². The summed E-state index contributed by atoms with van der Waals surface area (Å²) in [6.45, 7) is 7.06. The minimum Gasteiger partial charge on any atom is -0.355 e. The summed E-state index contributed by atoms with van der Waals surface area (Å²) in [6, 6.07) is 7.87. The maximum Gasteiger partial charge on any atom is 0.192 e. The van der Waals surface area contributed by atoms with Gasteiger partial charge in [-0.2, -0.15) is 0 Å². The lowest BCUT2D eigenvalue weighted by Crippen LogP contribution is -2.15. The van der Waals surface area contributed by atoms with Gasteiger partial charge in [-0.25, -0.2) is 0 Å². The van der Waals surface area contributed by atoms with E-state index in [1.807, 2.05) is 45.0 Å². The summed E-state index contributed by atoms with van der Waals surface area (Å²) in [5.41, 5.74) is 2.68. The summed E-state index contributed by atoms with van der Waals surface area (Å²) >= 11 is 4.91. The topological polar surface area (TPSA) is 49.9 Å². The van der Waals surface area contributed by atoms with E-state index in [9.17, 15) is 9.59 Å². The van der Waals surface area contributed by atoms with Gasteiger partial charge in [-0.05, 0) is 57.5 Å². The highest BCUT2D eigenvalue weighted by Gasteiger charge is 2.24. The molecule has 5 heteroatoms. The first-order valence-corrected chi connectivity index (χ1v) is 8.65. The smallest absolute Gasteiger partial charge is 0.192 e.